The molecule has 0 heterocycles. The van der Waals surface area contributed by atoms with Crippen LogP contribution in [0.5, 0.6) is 0 Å². The molecular weight excluding hydrogens is 282 g/mol. The molecule has 0 saturated carbocycles. The van der Waals surface area contributed by atoms with Gasteiger partial charge in [-0.15, -0.1) is 0 Å². The van der Waals surface area contributed by atoms with Crippen LogP contribution in [0.15, 0.2) is 0 Å². The SMILES string of the molecule is CSCC[C@H](N)C(=O)O.O=C(O)[C@H](O)[C@@H](O)C(=O)O. The first-order valence-electron chi connectivity index (χ1n) is 4.94. The molecule has 0 unspecified atom stereocenters. The van der Waals surface area contributed by atoms with Gasteiger partial charge in [0.25, 0.3) is 0 Å². The zero-order valence-corrected chi connectivity index (χ0v) is 10.9. The van der Waals surface area contributed by atoms with Gasteiger partial charge in [0.15, 0.2) is 12.2 Å². The molecule has 0 bridgehead atoms. The zero-order chi connectivity index (χ0) is 15.6. The van der Waals surface area contributed by atoms with E-state index < -0.39 is 36.2 Å². The number of aliphatic carboxylic acids is 3. The van der Waals surface area contributed by atoms with Gasteiger partial charge in [-0.05, 0) is 18.4 Å². The van der Waals surface area contributed by atoms with Crippen LogP contribution in [0.4, 0.5) is 0 Å². The normalized spacial score (nSPS) is 14.5. The van der Waals surface area contributed by atoms with Gasteiger partial charge in [0.05, 0.1) is 0 Å². The van der Waals surface area contributed by atoms with Gasteiger partial charge in [0.2, 0.25) is 0 Å². The van der Waals surface area contributed by atoms with Gasteiger partial charge in [-0.25, -0.2) is 9.59 Å². The molecule has 0 aromatic heterocycles. The van der Waals surface area contributed by atoms with E-state index in [1.54, 1.807) is 11.8 Å². The lowest BCUT2D eigenvalue weighted by molar-refractivity contribution is -0.165. The molecule has 0 spiro atoms. The molecule has 0 aliphatic rings. The second-order valence-electron chi connectivity index (χ2n) is 3.29. The molecule has 9 nitrogen and oxygen atoms in total. The maximum atomic E-state index is 10.1. The summed E-state index contributed by atoms with van der Waals surface area (Å²) in [6, 6.07) is -0.683. The number of carbonyl (C=O) groups is 3. The lowest BCUT2D eigenvalue weighted by atomic mass is 10.2. The second-order valence-corrected chi connectivity index (χ2v) is 4.28. The second kappa shape index (κ2) is 10.6. The fourth-order valence-electron chi connectivity index (χ4n) is 0.638. The van der Waals surface area contributed by atoms with Crippen molar-refractivity contribution in [2.75, 3.05) is 12.0 Å². The Morgan fingerprint density at radius 3 is 1.58 bits per heavy atom. The van der Waals surface area contributed by atoms with Crippen LogP contribution in [0, 0.1) is 0 Å². The summed E-state index contributed by atoms with van der Waals surface area (Å²) in [5, 5.41) is 40.8. The van der Waals surface area contributed by atoms with Crippen LogP contribution in [0.1, 0.15) is 6.42 Å². The summed E-state index contributed by atoms with van der Waals surface area (Å²) in [5.41, 5.74) is 5.19. The molecule has 0 radical (unpaired) electrons. The molecule has 112 valence electrons. The smallest absolute Gasteiger partial charge is 0.335 e. The standard InChI is InChI=1S/C5H11NO2S.C4H6O6/c1-9-3-2-4(6)5(7)8;5-1(3(7)8)2(6)4(9)10/h4H,2-3,6H2,1H3,(H,7,8);1-2,5-6H,(H,7,8)(H,9,10)/t4-;1-,2-/m01/s1. The van der Waals surface area contributed by atoms with Crippen LogP contribution in [0.3, 0.4) is 0 Å². The van der Waals surface area contributed by atoms with Gasteiger partial charge in [0, 0.05) is 0 Å². The third-order valence-electron chi connectivity index (χ3n) is 1.76. The van der Waals surface area contributed by atoms with Crippen LogP contribution in [-0.4, -0.2) is 73.7 Å². The fourth-order valence-corrected chi connectivity index (χ4v) is 1.13. The van der Waals surface area contributed by atoms with Crippen molar-refractivity contribution < 1.29 is 39.9 Å². The van der Waals surface area contributed by atoms with Crippen molar-refractivity contribution in [3.63, 3.8) is 0 Å². The van der Waals surface area contributed by atoms with E-state index in [0.717, 1.165) is 5.75 Å². The molecule has 0 rings (SSSR count). The van der Waals surface area contributed by atoms with E-state index >= 15 is 0 Å². The maximum absolute atomic E-state index is 10.1. The molecule has 0 aliphatic heterocycles. The highest BCUT2D eigenvalue weighted by Gasteiger charge is 2.29. The van der Waals surface area contributed by atoms with Crippen molar-refractivity contribution >= 4 is 29.7 Å². The largest absolute Gasteiger partial charge is 0.480 e. The predicted octanol–water partition coefficient (Wildman–Crippen LogP) is -1.97. The molecule has 3 atom stereocenters. The molecule has 0 aromatic carbocycles. The third-order valence-corrected chi connectivity index (χ3v) is 2.40. The van der Waals surface area contributed by atoms with Gasteiger partial charge < -0.3 is 31.3 Å². The molecule has 0 fully saturated rings. The average molecular weight is 299 g/mol. The molecule has 0 aliphatic carbocycles. The van der Waals surface area contributed by atoms with Crippen LogP contribution < -0.4 is 5.73 Å². The Morgan fingerprint density at radius 2 is 1.37 bits per heavy atom. The topological polar surface area (TPSA) is 178 Å². The predicted molar refractivity (Wildman–Crippen MR) is 65.9 cm³/mol. The highest BCUT2D eigenvalue weighted by molar-refractivity contribution is 7.98. The number of carboxylic acids is 3. The van der Waals surface area contributed by atoms with Gasteiger partial charge in [-0.1, -0.05) is 0 Å². The van der Waals surface area contributed by atoms with E-state index in [4.69, 9.17) is 31.3 Å². The van der Waals surface area contributed by atoms with Crippen molar-refractivity contribution in [1.29, 1.82) is 0 Å². The lowest BCUT2D eigenvalue weighted by Gasteiger charge is -2.07. The van der Waals surface area contributed by atoms with Gasteiger partial charge in [-0.2, -0.15) is 11.8 Å². The summed E-state index contributed by atoms with van der Waals surface area (Å²) < 4.78 is 0. The molecular formula is C9H17NO8S. The van der Waals surface area contributed by atoms with Gasteiger partial charge >= 0.3 is 17.9 Å². The number of thioether (sulfide) groups is 1. The number of rotatable bonds is 7. The quantitative estimate of drug-likeness (QED) is 0.309. The van der Waals surface area contributed by atoms with E-state index in [2.05, 4.69) is 0 Å². The first kappa shape index (κ1) is 20.0. The van der Waals surface area contributed by atoms with Crippen molar-refractivity contribution in [3.05, 3.63) is 0 Å². The van der Waals surface area contributed by atoms with Crippen molar-refractivity contribution in [2.24, 2.45) is 5.73 Å². The summed E-state index contributed by atoms with van der Waals surface area (Å²) in [4.78, 5) is 29.6. The molecule has 0 saturated heterocycles. The zero-order valence-electron chi connectivity index (χ0n) is 10.1. The van der Waals surface area contributed by atoms with E-state index in [-0.39, 0.29) is 0 Å². The minimum Gasteiger partial charge on any atom is -0.480 e. The van der Waals surface area contributed by atoms with Crippen LogP contribution in [-0.2, 0) is 14.4 Å². The van der Waals surface area contributed by atoms with Gasteiger partial charge in [0.1, 0.15) is 6.04 Å². The number of aliphatic hydroxyl groups excluding tert-OH is 2. The Bertz CT molecular complexity index is 293. The van der Waals surface area contributed by atoms with Crippen molar-refractivity contribution in [2.45, 2.75) is 24.7 Å². The Kier molecular flexibility index (Phi) is 11.1. The van der Waals surface area contributed by atoms with Crippen LogP contribution in [0.25, 0.3) is 0 Å². The van der Waals surface area contributed by atoms with Crippen molar-refractivity contribution in [1.82, 2.24) is 0 Å². The minimum absolute atomic E-state index is 0.552. The molecule has 0 aromatic rings. The number of carboxylic acid groups (broad SMARTS) is 3. The summed E-state index contributed by atoms with van der Waals surface area (Å²) in [6.45, 7) is 0. The Morgan fingerprint density at radius 1 is 1.00 bits per heavy atom. The lowest BCUT2D eigenvalue weighted by Crippen LogP contribution is -2.39. The molecule has 19 heavy (non-hydrogen) atoms. The Labute approximate surface area is 113 Å². The van der Waals surface area contributed by atoms with Crippen molar-refractivity contribution in [3.8, 4) is 0 Å². The summed E-state index contributed by atoms with van der Waals surface area (Å²) in [5.74, 6) is -3.64. The first-order valence-corrected chi connectivity index (χ1v) is 6.33. The summed E-state index contributed by atoms with van der Waals surface area (Å²) in [6.07, 6.45) is -2.06. The first-order chi connectivity index (χ1) is 8.64. The van der Waals surface area contributed by atoms with E-state index in [9.17, 15) is 14.4 Å². The van der Waals surface area contributed by atoms with Gasteiger partial charge in [-0.3, -0.25) is 4.79 Å². The van der Waals surface area contributed by atoms with E-state index in [1.807, 2.05) is 6.26 Å². The molecule has 7 N–H and O–H groups in total. The fraction of sp³-hybridized carbons (Fsp3) is 0.667. The number of hydrogen-bond donors (Lipinski definition) is 6. The summed E-state index contributed by atoms with van der Waals surface area (Å²) >= 11 is 1.60. The monoisotopic (exact) mass is 299 g/mol. The molecule has 10 heteroatoms. The number of hydrogen-bond acceptors (Lipinski definition) is 7. The van der Waals surface area contributed by atoms with E-state index in [1.165, 1.54) is 0 Å². The van der Waals surface area contributed by atoms with Crippen LogP contribution >= 0.6 is 11.8 Å². The molecule has 0 amide bonds. The Hall–Kier alpha value is -1.36. The highest BCUT2D eigenvalue weighted by atomic mass is 32.2. The highest BCUT2D eigenvalue weighted by Crippen LogP contribution is 1.97. The third kappa shape index (κ3) is 10.3. The number of aliphatic hydroxyl groups is 2. The maximum Gasteiger partial charge on any atom is 0.335 e. The summed E-state index contributed by atoms with van der Waals surface area (Å²) in [7, 11) is 0. The Balaban J connectivity index is 0. The van der Waals surface area contributed by atoms with E-state index in [0.29, 0.717) is 6.42 Å². The average Bonchev–Trinajstić information content (AvgIpc) is 2.34. The van der Waals surface area contributed by atoms with Crippen LogP contribution in [0.2, 0.25) is 0 Å². The minimum atomic E-state index is -2.27. The number of nitrogens with two attached hydrogens (primary N) is 1.